The van der Waals surface area contributed by atoms with E-state index < -0.39 is 6.04 Å². The van der Waals surface area contributed by atoms with Crippen LogP contribution in [0.4, 0.5) is 11.6 Å². The number of hydrogen-bond acceptors (Lipinski definition) is 7. The summed E-state index contributed by atoms with van der Waals surface area (Å²) in [5.41, 5.74) is 3.52. The first kappa shape index (κ1) is 22.1. The van der Waals surface area contributed by atoms with Crippen LogP contribution in [0.25, 0.3) is 11.4 Å². The quantitative estimate of drug-likeness (QED) is 0.435. The molecule has 1 amide bonds. The van der Waals surface area contributed by atoms with E-state index in [1.807, 2.05) is 67.6 Å². The highest BCUT2D eigenvalue weighted by Crippen LogP contribution is 2.39. The minimum atomic E-state index is -0.558. The average Bonchev–Trinajstić information content (AvgIpc) is 3.32. The van der Waals surface area contributed by atoms with Gasteiger partial charge in [-0.15, -0.1) is 5.10 Å². The zero-order valence-electron chi connectivity index (χ0n) is 19.5. The molecule has 4 aromatic rings. The molecule has 1 unspecified atom stereocenters. The van der Waals surface area contributed by atoms with Crippen LogP contribution in [0.5, 0.6) is 11.5 Å². The lowest BCUT2D eigenvalue weighted by molar-refractivity contribution is -0.113. The molecule has 1 aliphatic rings. The van der Waals surface area contributed by atoms with E-state index in [-0.39, 0.29) is 5.91 Å². The van der Waals surface area contributed by atoms with Crippen LogP contribution in [0.2, 0.25) is 0 Å². The summed E-state index contributed by atoms with van der Waals surface area (Å²) in [7, 11) is 3.16. The molecule has 35 heavy (non-hydrogen) atoms. The van der Waals surface area contributed by atoms with Crippen LogP contribution in [-0.4, -0.2) is 39.9 Å². The van der Waals surface area contributed by atoms with E-state index in [0.29, 0.717) is 40.2 Å². The molecular weight excluding hydrogens is 444 g/mol. The first-order valence-electron chi connectivity index (χ1n) is 11.0. The molecule has 0 saturated heterocycles. The van der Waals surface area contributed by atoms with Crippen LogP contribution in [-0.2, 0) is 4.79 Å². The Balaban J connectivity index is 1.63. The first-order chi connectivity index (χ1) is 17.1. The monoisotopic (exact) mass is 468 g/mol. The molecule has 1 atom stereocenters. The number of pyridine rings is 1. The highest BCUT2D eigenvalue weighted by atomic mass is 16.5. The van der Waals surface area contributed by atoms with Crippen LogP contribution in [0.3, 0.4) is 0 Å². The standard InChI is InChI=1S/C26H24N6O3/c1-16-22(25(33)29-19-7-5-4-6-8-19)23(18-9-10-20(34-2)21(15-18)35-3)32-26(28-16)30-24(31-32)17-11-13-27-14-12-17/h4-15,23H,1-3H3,(H,29,33)(H,28,30,31). The number of nitrogens with one attached hydrogen (secondary N) is 2. The third-order valence-corrected chi connectivity index (χ3v) is 5.79. The fourth-order valence-corrected chi connectivity index (χ4v) is 4.12. The summed E-state index contributed by atoms with van der Waals surface area (Å²) in [6, 6.07) is 18.0. The Hall–Kier alpha value is -4.66. The smallest absolute Gasteiger partial charge is 0.255 e. The number of nitrogens with zero attached hydrogens (tertiary/aromatic N) is 4. The van der Waals surface area contributed by atoms with E-state index in [1.54, 1.807) is 31.3 Å². The van der Waals surface area contributed by atoms with E-state index in [4.69, 9.17) is 19.6 Å². The van der Waals surface area contributed by atoms with E-state index >= 15 is 0 Å². The maximum Gasteiger partial charge on any atom is 0.255 e. The fraction of sp³-hybridized carbons (Fsp3) is 0.154. The second kappa shape index (κ2) is 9.30. The second-order valence-electron chi connectivity index (χ2n) is 7.94. The van der Waals surface area contributed by atoms with Gasteiger partial charge in [0.2, 0.25) is 5.95 Å². The highest BCUT2D eigenvalue weighted by Gasteiger charge is 2.35. The number of carbonyl (C=O) groups excluding carboxylic acids is 1. The fourth-order valence-electron chi connectivity index (χ4n) is 4.12. The number of para-hydroxylation sites is 1. The number of carbonyl (C=O) groups is 1. The number of aromatic nitrogens is 4. The van der Waals surface area contributed by atoms with Crippen LogP contribution >= 0.6 is 0 Å². The van der Waals surface area contributed by atoms with Gasteiger partial charge in [0.15, 0.2) is 17.3 Å². The Labute approximate surface area is 202 Å². The molecular formula is C26H24N6O3. The molecule has 176 valence electrons. The lowest BCUT2D eigenvalue weighted by Crippen LogP contribution is -2.31. The van der Waals surface area contributed by atoms with Crippen LogP contribution in [0.15, 0.2) is 84.3 Å². The van der Waals surface area contributed by atoms with E-state index in [9.17, 15) is 4.79 Å². The van der Waals surface area contributed by atoms with Crippen molar-refractivity contribution in [2.24, 2.45) is 0 Å². The van der Waals surface area contributed by atoms with Crippen molar-refractivity contribution in [2.45, 2.75) is 13.0 Å². The molecule has 9 heteroatoms. The molecule has 3 heterocycles. The van der Waals surface area contributed by atoms with Crippen molar-refractivity contribution >= 4 is 17.5 Å². The molecule has 5 rings (SSSR count). The van der Waals surface area contributed by atoms with Gasteiger partial charge >= 0.3 is 0 Å². The van der Waals surface area contributed by atoms with Gasteiger partial charge in [-0.2, -0.15) is 4.98 Å². The number of hydrogen-bond donors (Lipinski definition) is 2. The number of benzene rings is 2. The van der Waals surface area contributed by atoms with Crippen molar-refractivity contribution in [3.05, 3.63) is 89.9 Å². The summed E-state index contributed by atoms with van der Waals surface area (Å²) in [4.78, 5) is 22.4. The van der Waals surface area contributed by atoms with E-state index in [0.717, 1.165) is 11.1 Å². The summed E-state index contributed by atoms with van der Waals surface area (Å²) in [6.07, 6.45) is 3.38. The molecule has 0 saturated carbocycles. The average molecular weight is 469 g/mol. The Morgan fingerprint density at radius 3 is 2.46 bits per heavy atom. The molecule has 0 fully saturated rings. The number of amides is 1. The predicted octanol–water partition coefficient (Wildman–Crippen LogP) is 4.28. The van der Waals surface area contributed by atoms with Crippen molar-refractivity contribution in [1.29, 1.82) is 0 Å². The van der Waals surface area contributed by atoms with Crippen LogP contribution < -0.4 is 20.1 Å². The number of anilines is 2. The summed E-state index contributed by atoms with van der Waals surface area (Å²) in [6.45, 7) is 1.86. The van der Waals surface area contributed by atoms with Gasteiger partial charge in [0.1, 0.15) is 6.04 Å². The zero-order valence-corrected chi connectivity index (χ0v) is 19.5. The maximum atomic E-state index is 13.6. The Morgan fingerprint density at radius 2 is 1.74 bits per heavy atom. The Morgan fingerprint density at radius 1 is 1.00 bits per heavy atom. The van der Waals surface area contributed by atoms with Crippen molar-refractivity contribution in [1.82, 2.24) is 19.7 Å². The number of fused-ring (bicyclic) bond motifs is 1. The molecule has 0 aliphatic carbocycles. The largest absolute Gasteiger partial charge is 0.493 e. The summed E-state index contributed by atoms with van der Waals surface area (Å²) >= 11 is 0. The minimum absolute atomic E-state index is 0.243. The van der Waals surface area contributed by atoms with Gasteiger partial charge in [-0.05, 0) is 48.9 Å². The summed E-state index contributed by atoms with van der Waals surface area (Å²) in [5, 5.41) is 11.0. The van der Waals surface area contributed by atoms with Crippen molar-refractivity contribution in [3.63, 3.8) is 0 Å². The van der Waals surface area contributed by atoms with Gasteiger partial charge in [0.05, 0.1) is 19.8 Å². The third kappa shape index (κ3) is 4.19. The molecule has 2 N–H and O–H groups in total. The number of rotatable bonds is 6. The van der Waals surface area contributed by atoms with Crippen molar-refractivity contribution in [2.75, 3.05) is 24.9 Å². The lowest BCUT2D eigenvalue weighted by Gasteiger charge is -2.29. The van der Waals surface area contributed by atoms with Gasteiger partial charge in [-0.3, -0.25) is 9.78 Å². The van der Waals surface area contributed by atoms with Crippen molar-refractivity contribution in [3.8, 4) is 22.9 Å². The number of ether oxygens (including phenoxy) is 2. The summed E-state index contributed by atoms with van der Waals surface area (Å²) < 4.78 is 12.7. The van der Waals surface area contributed by atoms with Crippen LogP contribution in [0, 0.1) is 0 Å². The SMILES string of the molecule is COc1ccc(C2C(C(=O)Nc3ccccc3)=C(C)Nc3nc(-c4ccncc4)nn32)cc1OC. The molecule has 0 radical (unpaired) electrons. The molecule has 0 bridgehead atoms. The van der Waals surface area contributed by atoms with Gasteiger partial charge in [0.25, 0.3) is 5.91 Å². The maximum absolute atomic E-state index is 13.6. The molecule has 2 aromatic heterocycles. The van der Waals surface area contributed by atoms with E-state index in [1.165, 1.54) is 0 Å². The van der Waals surface area contributed by atoms with Crippen molar-refractivity contribution < 1.29 is 14.3 Å². The molecule has 9 nitrogen and oxygen atoms in total. The first-order valence-corrected chi connectivity index (χ1v) is 11.0. The summed E-state index contributed by atoms with van der Waals surface area (Å²) in [5.74, 6) is 1.97. The molecule has 0 spiro atoms. The minimum Gasteiger partial charge on any atom is -0.493 e. The molecule has 2 aromatic carbocycles. The third-order valence-electron chi connectivity index (χ3n) is 5.79. The van der Waals surface area contributed by atoms with Gasteiger partial charge in [-0.1, -0.05) is 24.3 Å². The molecule has 1 aliphatic heterocycles. The van der Waals surface area contributed by atoms with Gasteiger partial charge in [0, 0.05) is 29.3 Å². The zero-order chi connectivity index (χ0) is 24.4. The van der Waals surface area contributed by atoms with E-state index in [2.05, 4.69) is 15.6 Å². The second-order valence-corrected chi connectivity index (χ2v) is 7.94. The Kier molecular flexibility index (Phi) is 5.88. The normalized spacial score (nSPS) is 14.7. The lowest BCUT2D eigenvalue weighted by atomic mass is 9.94. The Bertz CT molecular complexity index is 1400. The van der Waals surface area contributed by atoms with Gasteiger partial charge < -0.3 is 20.1 Å². The van der Waals surface area contributed by atoms with Gasteiger partial charge in [-0.25, -0.2) is 4.68 Å². The number of methoxy groups -OCH3 is 2. The predicted molar refractivity (Wildman–Crippen MR) is 132 cm³/mol. The number of allylic oxidation sites excluding steroid dienone is 1. The van der Waals surface area contributed by atoms with Crippen LogP contribution in [0.1, 0.15) is 18.5 Å². The highest BCUT2D eigenvalue weighted by molar-refractivity contribution is 6.06. The topological polar surface area (TPSA) is 103 Å².